The molecule has 0 aliphatic carbocycles. The van der Waals surface area contributed by atoms with Gasteiger partial charge in [0.25, 0.3) is 0 Å². The third kappa shape index (κ3) is 2.40. The van der Waals surface area contributed by atoms with E-state index in [1.165, 1.54) is 16.8 Å². The Labute approximate surface area is 109 Å². The minimum absolute atomic E-state index is 0.265. The van der Waals surface area contributed by atoms with Crippen molar-refractivity contribution in [3.8, 4) is 0 Å². The minimum Gasteiger partial charge on any atom is -0.378 e. The molecule has 1 N–H and O–H groups in total. The first-order valence-corrected chi connectivity index (χ1v) is 6.32. The minimum atomic E-state index is 0.265. The molecule has 0 bridgehead atoms. The number of nitrogens with one attached hydrogen (secondary N) is 1. The molecule has 1 aromatic heterocycles. The molecule has 0 aliphatic rings. The van der Waals surface area contributed by atoms with Gasteiger partial charge in [0.2, 0.25) is 0 Å². The first-order valence-electron chi connectivity index (χ1n) is 6.32. The molecule has 0 spiro atoms. The van der Waals surface area contributed by atoms with Crippen LogP contribution < -0.4 is 5.32 Å². The molecule has 0 aliphatic heterocycles. The lowest BCUT2D eigenvalue weighted by atomic mass is 10.1. The number of nitrogens with zero attached hydrogens (tertiary/aromatic N) is 2. The lowest BCUT2D eigenvalue weighted by molar-refractivity contribution is 0.728. The second-order valence-corrected chi connectivity index (χ2v) is 4.94. The highest BCUT2D eigenvalue weighted by Gasteiger charge is 2.15. The molecule has 1 aromatic carbocycles. The van der Waals surface area contributed by atoms with E-state index < -0.39 is 0 Å². The number of hydrogen-bond acceptors (Lipinski definition) is 2. The summed E-state index contributed by atoms with van der Waals surface area (Å²) in [5.74, 6) is 0. The van der Waals surface area contributed by atoms with E-state index in [9.17, 15) is 0 Å². The summed E-state index contributed by atoms with van der Waals surface area (Å²) < 4.78 is 1.94. The van der Waals surface area contributed by atoms with Crippen LogP contribution in [-0.4, -0.2) is 9.78 Å². The van der Waals surface area contributed by atoms with Crippen LogP contribution in [0.1, 0.15) is 35.5 Å². The highest BCUT2D eigenvalue weighted by molar-refractivity contribution is 5.47. The summed E-state index contributed by atoms with van der Waals surface area (Å²) >= 11 is 0. The maximum atomic E-state index is 4.46. The van der Waals surface area contributed by atoms with E-state index in [0.29, 0.717) is 0 Å². The summed E-state index contributed by atoms with van der Waals surface area (Å²) in [6.45, 7) is 8.46. The summed E-state index contributed by atoms with van der Waals surface area (Å²) in [5, 5.41) is 7.99. The van der Waals surface area contributed by atoms with Gasteiger partial charge >= 0.3 is 0 Å². The Morgan fingerprint density at radius 3 is 2.22 bits per heavy atom. The average molecular weight is 243 g/mol. The fourth-order valence-electron chi connectivity index (χ4n) is 2.39. The van der Waals surface area contributed by atoms with Crippen molar-refractivity contribution in [3.05, 3.63) is 46.8 Å². The predicted octanol–water partition coefficient (Wildman–Crippen LogP) is 3.52. The first kappa shape index (κ1) is 12.7. The average Bonchev–Trinajstić information content (AvgIpc) is 2.56. The molecular weight excluding hydrogens is 222 g/mol. The van der Waals surface area contributed by atoms with E-state index in [2.05, 4.69) is 62.4 Å². The first-order chi connectivity index (χ1) is 8.49. The highest BCUT2D eigenvalue weighted by Crippen LogP contribution is 2.24. The number of aromatic nitrogens is 2. The molecule has 0 saturated heterocycles. The van der Waals surface area contributed by atoms with Gasteiger partial charge in [0.15, 0.2) is 0 Å². The highest BCUT2D eigenvalue weighted by atomic mass is 15.3. The van der Waals surface area contributed by atoms with Crippen LogP contribution in [0.5, 0.6) is 0 Å². The van der Waals surface area contributed by atoms with Crippen molar-refractivity contribution in [2.45, 2.75) is 33.7 Å². The number of aryl methyl sites for hydroxylation is 3. The standard InChI is InChI=1S/C15H21N3/c1-10-6-8-14(9-7-10)16-11(2)15-12(3)17-18(5)13(15)4/h6-9,11,16H,1-5H3. The number of benzene rings is 1. The van der Waals surface area contributed by atoms with Crippen LogP contribution in [0.3, 0.4) is 0 Å². The Hall–Kier alpha value is -1.77. The molecule has 0 radical (unpaired) electrons. The van der Waals surface area contributed by atoms with Crippen molar-refractivity contribution in [1.29, 1.82) is 0 Å². The quantitative estimate of drug-likeness (QED) is 0.894. The number of anilines is 1. The van der Waals surface area contributed by atoms with Gasteiger partial charge in [-0.05, 0) is 39.8 Å². The Morgan fingerprint density at radius 1 is 1.11 bits per heavy atom. The third-order valence-corrected chi connectivity index (χ3v) is 3.43. The summed E-state index contributed by atoms with van der Waals surface area (Å²) in [7, 11) is 1.99. The topological polar surface area (TPSA) is 29.9 Å². The van der Waals surface area contributed by atoms with Crippen LogP contribution in [0, 0.1) is 20.8 Å². The van der Waals surface area contributed by atoms with Crippen molar-refractivity contribution in [2.24, 2.45) is 7.05 Å². The number of rotatable bonds is 3. The van der Waals surface area contributed by atoms with Crippen molar-refractivity contribution in [3.63, 3.8) is 0 Å². The molecule has 2 aromatic rings. The molecule has 1 unspecified atom stereocenters. The normalized spacial score (nSPS) is 12.5. The van der Waals surface area contributed by atoms with Crippen LogP contribution in [0.4, 0.5) is 5.69 Å². The van der Waals surface area contributed by atoms with Gasteiger partial charge in [0.1, 0.15) is 0 Å². The molecule has 96 valence electrons. The molecule has 3 heteroatoms. The SMILES string of the molecule is Cc1ccc(NC(C)c2c(C)nn(C)c2C)cc1. The molecule has 0 amide bonds. The summed E-state index contributed by atoms with van der Waals surface area (Å²) in [5.41, 5.74) is 6.04. The molecule has 1 atom stereocenters. The van der Waals surface area contributed by atoms with Crippen LogP contribution in [-0.2, 0) is 7.05 Å². The van der Waals surface area contributed by atoms with E-state index in [1.54, 1.807) is 0 Å². The van der Waals surface area contributed by atoms with Crippen molar-refractivity contribution in [1.82, 2.24) is 9.78 Å². The van der Waals surface area contributed by atoms with Gasteiger partial charge < -0.3 is 5.32 Å². The van der Waals surface area contributed by atoms with Gasteiger partial charge in [0.05, 0.1) is 11.7 Å². The van der Waals surface area contributed by atoms with E-state index in [0.717, 1.165) is 11.4 Å². The second-order valence-electron chi connectivity index (χ2n) is 4.94. The Bertz CT molecular complexity index is 538. The largest absolute Gasteiger partial charge is 0.378 e. The molecule has 1 heterocycles. The Morgan fingerprint density at radius 2 is 1.72 bits per heavy atom. The summed E-state index contributed by atoms with van der Waals surface area (Å²) in [6.07, 6.45) is 0. The number of hydrogen-bond donors (Lipinski definition) is 1. The summed E-state index contributed by atoms with van der Waals surface area (Å²) in [4.78, 5) is 0. The zero-order valence-corrected chi connectivity index (χ0v) is 11.8. The van der Waals surface area contributed by atoms with E-state index in [4.69, 9.17) is 0 Å². The fraction of sp³-hybridized carbons (Fsp3) is 0.400. The van der Waals surface area contributed by atoms with Gasteiger partial charge in [-0.3, -0.25) is 4.68 Å². The zero-order chi connectivity index (χ0) is 13.3. The van der Waals surface area contributed by atoms with E-state index in [-0.39, 0.29) is 6.04 Å². The summed E-state index contributed by atoms with van der Waals surface area (Å²) in [6, 6.07) is 8.75. The third-order valence-electron chi connectivity index (χ3n) is 3.43. The molecule has 18 heavy (non-hydrogen) atoms. The Balaban J connectivity index is 2.21. The van der Waals surface area contributed by atoms with Crippen molar-refractivity contribution in [2.75, 3.05) is 5.32 Å². The van der Waals surface area contributed by atoms with Crippen LogP contribution in [0.2, 0.25) is 0 Å². The van der Waals surface area contributed by atoms with Gasteiger partial charge in [-0.15, -0.1) is 0 Å². The zero-order valence-electron chi connectivity index (χ0n) is 11.8. The lowest BCUT2D eigenvalue weighted by Gasteiger charge is -2.16. The van der Waals surface area contributed by atoms with Crippen molar-refractivity contribution < 1.29 is 0 Å². The van der Waals surface area contributed by atoms with Gasteiger partial charge in [0, 0.05) is 24.0 Å². The van der Waals surface area contributed by atoms with Gasteiger partial charge in [-0.2, -0.15) is 5.10 Å². The Kier molecular flexibility index (Phi) is 3.41. The van der Waals surface area contributed by atoms with Crippen molar-refractivity contribution >= 4 is 5.69 Å². The smallest absolute Gasteiger partial charge is 0.0649 e. The van der Waals surface area contributed by atoms with Crippen LogP contribution >= 0.6 is 0 Å². The maximum Gasteiger partial charge on any atom is 0.0649 e. The molecule has 0 fully saturated rings. The second kappa shape index (κ2) is 4.84. The fourth-order valence-corrected chi connectivity index (χ4v) is 2.39. The molecule has 2 rings (SSSR count). The van der Waals surface area contributed by atoms with E-state index in [1.807, 2.05) is 11.7 Å². The maximum absolute atomic E-state index is 4.46. The van der Waals surface area contributed by atoms with Crippen LogP contribution in [0.15, 0.2) is 24.3 Å². The lowest BCUT2D eigenvalue weighted by Crippen LogP contribution is -2.08. The monoisotopic (exact) mass is 243 g/mol. The van der Waals surface area contributed by atoms with E-state index >= 15 is 0 Å². The predicted molar refractivity (Wildman–Crippen MR) is 75.9 cm³/mol. The molecule has 3 nitrogen and oxygen atoms in total. The van der Waals surface area contributed by atoms with Gasteiger partial charge in [-0.25, -0.2) is 0 Å². The van der Waals surface area contributed by atoms with Gasteiger partial charge in [-0.1, -0.05) is 17.7 Å². The molecular formula is C15H21N3. The molecule has 0 saturated carbocycles. The van der Waals surface area contributed by atoms with Crippen LogP contribution in [0.25, 0.3) is 0 Å².